The third-order valence-corrected chi connectivity index (χ3v) is 4.69. The van der Waals surface area contributed by atoms with Gasteiger partial charge in [0.05, 0.1) is 38.5 Å². The Morgan fingerprint density at radius 3 is 2.43 bits per heavy atom. The molecule has 1 N–H and O–H groups in total. The molecule has 0 aliphatic rings. The van der Waals surface area contributed by atoms with Crippen LogP contribution in [0.25, 0.3) is 5.69 Å². The van der Waals surface area contributed by atoms with Gasteiger partial charge >= 0.3 is 0 Å². The van der Waals surface area contributed by atoms with Crippen LogP contribution in [-0.2, 0) is 4.79 Å². The molecule has 3 aromatic rings. The molecular weight excluding hydrogens is 382 g/mol. The highest BCUT2D eigenvalue weighted by molar-refractivity contribution is 7.99. The minimum absolute atomic E-state index is 0.122. The van der Waals surface area contributed by atoms with E-state index < -0.39 is 0 Å². The number of hydrogen-bond donors (Lipinski definition) is 1. The number of carbonyl (C=O) groups excluding carboxylic acids is 1. The summed E-state index contributed by atoms with van der Waals surface area (Å²) in [6, 6.07) is 12.5. The zero-order chi connectivity index (χ0) is 19.9. The second kappa shape index (κ2) is 9.09. The van der Waals surface area contributed by atoms with Gasteiger partial charge in [-0.15, -0.1) is 5.10 Å². The van der Waals surface area contributed by atoms with Gasteiger partial charge in [0.1, 0.15) is 17.2 Å². The Morgan fingerprint density at radius 2 is 1.75 bits per heavy atom. The minimum atomic E-state index is -0.221. The van der Waals surface area contributed by atoms with E-state index in [4.69, 9.17) is 14.2 Å². The fourth-order valence-corrected chi connectivity index (χ4v) is 3.07. The van der Waals surface area contributed by atoms with Crippen molar-refractivity contribution in [2.75, 3.05) is 32.4 Å². The maximum Gasteiger partial charge on any atom is 0.234 e. The normalized spacial score (nSPS) is 10.4. The van der Waals surface area contributed by atoms with Crippen molar-refractivity contribution in [3.8, 4) is 22.9 Å². The molecule has 0 aliphatic heterocycles. The lowest BCUT2D eigenvalue weighted by molar-refractivity contribution is -0.113. The summed E-state index contributed by atoms with van der Waals surface area (Å²) in [4.78, 5) is 12.4. The van der Waals surface area contributed by atoms with E-state index >= 15 is 0 Å². The van der Waals surface area contributed by atoms with E-state index in [1.807, 2.05) is 24.3 Å². The second-order valence-corrected chi connectivity index (χ2v) is 6.42. The van der Waals surface area contributed by atoms with Crippen molar-refractivity contribution in [1.29, 1.82) is 0 Å². The van der Waals surface area contributed by atoms with Crippen LogP contribution in [0, 0.1) is 0 Å². The molecule has 0 bridgehead atoms. The predicted octanol–water partition coefficient (Wildman–Crippen LogP) is 2.42. The van der Waals surface area contributed by atoms with Crippen LogP contribution >= 0.6 is 11.8 Å². The number of ether oxygens (including phenoxy) is 3. The lowest BCUT2D eigenvalue weighted by atomic mass is 10.2. The number of amides is 1. The van der Waals surface area contributed by atoms with E-state index in [2.05, 4.69) is 20.8 Å². The van der Waals surface area contributed by atoms with Crippen LogP contribution in [0.15, 0.2) is 47.6 Å². The molecular formula is C18H19N5O4S. The van der Waals surface area contributed by atoms with Gasteiger partial charge in [-0.25, -0.2) is 0 Å². The summed E-state index contributed by atoms with van der Waals surface area (Å²) in [5, 5.41) is 15.0. The molecule has 0 unspecified atom stereocenters. The van der Waals surface area contributed by atoms with Gasteiger partial charge in [-0.3, -0.25) is 4.79 Å². The molecule has 2 aromatic carbocycles. The minimum Gasteiger partial charge on any atom is -0.497 e. The number of thioether (sulfide) groups is 1. The van der Waals surface area contributed by atoms with Gasteiger partial charge in [-0.2, -0.15) is 4.68 Å². The third kappa shape index (κ3) is 4.52. The van der Waals surface area contributed by atoms with Crippen LogP contribution in [0.2, 0.25) is 0 Å². The molecule has 0 fully saturated rings. The van der Waals surface area contributed by atoms with Crippen molar-refractivity contribution in [3.05, 3.63) is 42.5 Å². The molecule has 1 heterocycles. The first kappa shape index (κ1) is 19.5. The Balaban J connectivity index is 1.67. The molecule has 0 aliphatic carbocycles. The summed E-state index contributed by atoms with van der Waals surface area (Å²) in [5.74, 6) is 1.80. The Morgan fingerprint density at radius 1 is 1.04 bits per heavy atom. The first-order valence-electron chi connectivity index (χ1n) is 8.22. The van der Waals surface area contributed by atoms with Crippen LogP contribution < -0.4 is 19.5 Å². The fraction of sp³-hybridized carbons (Fsp3) is 0.222. The molecule has 1 aromatic heterocycles. The van der Waals surface area contributed by atoms with Crippen molar-refractivity contribution in [2.45, 2.75) is 5.16 Å². The average Bonchev–Trinajstić information content (AvgIpc) is 3.21. The number of hydrogen-bond acceptors (Lipinski definition) is 8. The number of nitrogens with one attached hydrogen (secondary N) is 1. The van der Waals surface area contributed by atoms with Crippen molar-refractivity contribution < 1.29 is 19.0 Å². The molecule has 9 nitrogen and oxygen atoms in total. The van der Waals surface area contributed by atoms with Gasteiger partial charge in [0.25, 0.3) is 0 Å². The van der Waals surface area contributed by atoms with E-state index in [9.17, 15) is 4.79 Å². The summed E-state index contributed by atoms with van der Waals surface area (Å²) in [6.07, 6.45) is 0. The van der Waals surface area contributed by atoms with E-state index in [0.29, 0.717) is 22.3 Å². The molecule has 0 radical (unpaired) electrons. The molecule has 0 saturated heterocycles. The summed E-state index contributed by atoms with van der Waals surface area (Å²) >= 11 is 1.22. The van der Waals surface area contributed by atoms with Crippen LogP contribution in [0.3, 0.4) is 0 Å². The topological polar surface area (TPSA) is 100 Å². The molecule has 10 heteroatoms. The fourth-order valence-electron chi connectivity index (χ4n) is 2.38. The molecule has 0 saturated carbocycles. The number of nitrogens with zero attached hydrogens (tertiary/aromatic N) is 4. The molecule has 28 heavy (non-hydrogen) atoms. The smallest absolute Gasteiger partial charge is 0.234 e. The van der Waals surface area contributed by atoms with Crippen molar-refractivity contribution in [2.24, 2.45) is 0 Å². The van der Waals surface area contributed by atoms with Crippen LogP contribution in [0.5, 0.6) is 17.2 Å². The lowest BCUT2D eigenvalue weighted by Gasteiger charge is -2.11. The molecule has 0 atom stereocenters. The van der Waals surface area contributed by atoms with Crippen LogP contribution in [0.4, 0.5) is 5.69 Å². The maximum atomic E-state index is 12.4. The molecule has 146 valence electrons. The summed E-state index contributed by atoms with van der Waals surface area (Å²) in [5.41, 5.74) is 1.30. The predicted molar refractivity (Wildman–Crippen MR) is 105 cm³/mol. The Labute approximate surface area is 166 Å². The average molecular weight is 401 g/mol. The number of tetrazole rings is 1. The summed E-state index contributed by atoms with van der Waals surface area (Å²) in [6.45, 7) is 0. The zero-order valence-corrected chi connectivity index (χ0v) is 16.4. The Kier molecular flexibility index (Phi) is 6.33. The number of methoxy groups -OCH3 is 3. The van der Waals surface area contributed by atoms with Gasteiger partial charge in [-0.05, 0) is 46.8 Å². The van der Waals surface area contributed by atoms with Gasteiger partial charge in [0, 0.05) is 6.07 Å². The van der Waals surface area contributed by atoms with Crippen molar-refractivity contribution in [1.82, 2.24) is 20.2 Å². The number of aromatic nitrogens is 4. The van der Waals surface area contributed by atoms with Gasteiger partial charge < -0.3 is 19.5 Å². The van der Waals surface area contributed by atoms with E-state index in [1.54, 1.807) is 37.1 Å². The highest BCUT2D eigenvalue weighted by Crippen LogP contribution is 2.29. The van der Waals surface area contributed by atoms with Crippen molar-refractivity contribution in [3.63, 3.8) is 0 Å². The van der Waals surface area contributed by atoms with Crippen LogP contribution in [0.1, 0.15) is 0 Å². The number of benzene rings is 2. The Bertz CT molecular complexity index is 945. The monoisotopic (exact) mass is 401 g/mol. The van der Waals surface area contributed by atoms with Gasteiger partial charge in [-0.1, -0.05) is 11.8 Å². The maximum absolute atomic E-state index is 12.4. The number of carbonyl (C=O) groups is 1. The lowest BCUT2D eigenvalue weighted by Crippen LogP contribution is -2.15. The largest absolute Gasteiger partial charge is 0.497 e. The highest BCUT2D eigenvalue weighted by Gasteiger charge is 2.14. The highest BCUT2D eigenvalue weighted by atomic mass is 32.2. The first-order chi connectivity index (χ1) is 13.6. The quantitative estimate of drug-likeness (QED) is 0.575. The van der Waals surface area contributed by atoms with Gasteiger partial charge in [0.2, 0.25) is 11.1 Å². The SMILES string of the molecule is COc1ccc(-n2nnnc2SCC(=O)Nc2cc(OC)ccc2OC)cc1. The molecule has 0 spiro atoms. The van der Waals surface area contributed by atoms with E-state index in [1.165, 1.54) is 18.9 Å². The summed E-state index contributed by atoms with van der Waals surface area (Å²) in [7, 11) is 4.70. The Hall–Kier alpha value is -3.27. The molecule has 3 rings (SSSR count). The van der Waals surface area contributed by atoms with Crippen LogP contribution in [-0.4, -0.2) is 53.2 Å². The second-order valence-electron chi connectivity index (χ2n) is 5.47. The summed E-state index contributed by atoms with van der Waals surface area (Å²) < 4.78 is 17.2. The van der Waals surface area contributed by atoms with Gasteiger partial charge in [0.15, 0.2) is 0 Å². The van der Waals surface area contributed by atoms with Crippen molar-refractivity contribution >= 4 is 23.4 Å². The standard InChI is InChI=1S/C18H19N5O4S/c1-25-13-6-4-12(5-7-13)23-18(20-21-22-23)28-11-17(24)19-15-10-14(26-2)8-9-16(15)27-3/h4-10H,11H2,1-3H3,(H,19,24). The van der Waals surface area contributed by atoms with E-state index in [0.717, 1.165) is 11.4 Å². The first-order valence-corrected chi connectivity index (χ1v) is 9.20. The third-order valence-electron chi connectivity index (χ3n) is 3.77. The zero-order valence-electron chi connectivity index (χ0n) is 15.6. The van der Waals surface area contributed by atoms with E-state index in [-0.39, 0.29) is 11.7 Å². The number of rotatable bonds is 8. The molecule has 1 amide bonds. The number of anilines is 1.